The van der Waals surface area contributed by atoms with Crippen molar-refractivity contribution in [2.45, 2.75) is 33.4 Å². The largest absolute Gasteiger partial charge is 0.491 e. The summed E-state index contributed by atoms with van der Waals surface area (Å²) in [5, 5.41) is 14.1. The molecule has 2 aromatic rings. The molecule has 1 amide bonds. The Kier molecular flexibility index (Phi) is 4.29. The Balaban J connectivity index is 2.01. The summed E-state index contributed by atoms with van der Waals surface area (Å²) in [7, 11) is 0. The lowest BCUT2D eigenvalue weighted by Gasteiger charge is -2.09. The molecule has 0 unspecified atom stereocenters. The number of aromatic nitrogens is 4. The van der Waals surface area contributed by atoms with Gasteiger partial charge in [-0.05, 0) is 50.3 Å². The highest BCUT2D eigenvalue weighted by molar-refractivity contribution is 6.03. The predicted octanol–water partition coefficient (Wildman–Crippen LogP) is 1.73. The highest BCUT2D eigenvalue weighted by Gasteiger charge is 2.10. The number of amides is 1. The quantitative estimate of drug-likeness (QED) is 0.898. The molecule has 20 heavy (non-hydrogen) atoms. The van der Waals surface area contributed by atoms with Gasteiger partial charge >= 0.3 is 0 Å². The van der Waals surface area contributed by atoms with E-state index < -0.39 is 0 Å². The third-order valence-electron chi connectivity index (χ3n) is 2.45. The van der Waals surface area contributed by atoms with Crippen LogP contribution in [0.25, 0.3) is 0 Å². The van der Waals surface area contributed by atoms with E-state index in [1.165, 1.54) is 4.80 Å². The van der Waals surface area contributed by atoms with Crippen molar-refractivity contribution in [1.82, 2.24) is 20.2 Å². The summed E-state index contributed by atoms with van der Waals surface area (Å²) in [4.78, 5) is 13.4. The second kappa shape index (κ2) is 6.14. The Morgan fingerprint density at radius 2 is 2.05 bits per heavy atom. The summed E-state index contributed by atoms with van der Waals surface area (Å²) in [5.74, 6) is 0.641. The summed E-state index contributed by atoms with van der Waals surface area (Å²) < 4.78 is 5.52. The van der Waals surface area contributed by atoms with E-state index in [9.17, 15) is 4.79 Å². The fourth-order valence-corrected chi connectivity index (χ4v) is 1.56. The maximum absolute atomic E-state index is 12.0. The van der Waals surface area contributed by atoms with Gasteiger partial charge in [-0.25, -0.2) is 0 Å². The first-order valence-electron chi connectivity index (χ1n) is 6.44. The first kappa shape index (κ1) is 14.0. The molecule has 0 radical (unpaired) electrons. The number of carbonyl (C=O) groups excluding carboxylic acids is 1. The van der Waals surface area contributed by atoms with Crippen molar-refractivity contribution in [2.75, 3.05) is 5.32 Å². The average Bonchev–Trinajstić information content (AvgIpc) is 2.86. The summed E-state index contributed by atoms with van der Waals surface area (Å²) in [5.41, 5.74) is 0.508. The molecule has 0 aliphatic rings. The van der Waals surface area contributed by atoms with Crippen molar-refractivity contribution in [3.05, 3.63) is 29.8 Å². The van der Waals surface area contributed by atoms with E-state index in [1.807, 2.05) is 20.8 Å². The molecule has 0 aliphatic heterocycles. The fourth-order valence-electron chi connectivity index (χ4n) is 1.56. The van der Waals surface area contributed by atoms with Gasteiger partial charge in [0, 0.05) is 5.56 Å². The van der Waals surface area contributed by atoms with Gasteiger partial charge in [0.05, 0.1) is 12.6 Å². The number of nitrogens with one attached hydrogen (secondary N) is 1. The van der Waals surface area contributed by atoms with E-state index in [1.54, 1.807) is 24.3 Å². The van der Waals surface area contributed by atoms with Crippen molar-refractivity contribution >= 4 is 11.9 Å². The van der Waals surface area contributed by atoms with Gasteiger partial charge in [-0.15, -0.1) is 5.10 Å². The second-order valence-corrected chi connectivity index (χ2v) is 4.45. The van der Waals surface area contributed by atoms with Crippen LogP contribution < -0.4 is 10.1 Å². The number of rotatable bonds is 5. The number of ether oxygens (including phenoxy) is 1. The minimum atomic E-state index is -0.281. The fraction of sp³-hybridized carbons (Fsp3) is 0.385. The lowest BCUT2D eigenvalue weighted by atomic mass is 10.2. The zero-order valence-corrected chi connectivity index (χ0v) is 11.7. The van der Waals surface area contributed by atoms with Crippen molar-refractivity contribution in [3.8, 4) is 5.75 Å². The Labute approximate surface area is 116 Å². The molecule has 1 aromatic heterocycles. The van der Waals surface area contributed by atoms with E-state index in [0.29, 0.717) is 12.1 Å². The van der Waals surface area contributed by atoms with Gasteiger partial charge in [-0.2, -0.15) is 4.80 Å². The first-order valence-corrected chi connectivity index (χ1v) is 6.44. The molecular weight excluding hydrogens is 258 g/mol. The Morgan fingerprint density at radius 1 is 1.35 bits per heavy atom. The highest BCUT2D eigenvalue weighted by atomic mass is 16.5. The average molecular weight is 275 g/mol. The van der Waals surface area contributed by atoms with Crippen LogP contribution in [0.2, 0.25) is 0 Å². The van der Waals surface area contributed by atoms with Gasteiger partial charge in [0.2, 0.25) is 0 Å². The molecule has 2 rings (SSSR count). The van der Waals surface area contributed by atoms with E-state index in [4.69, 9.17) is 4.74 Å². The smallest absolute Gasteiger partial charge is 0.270 e. The van der Waals surface area contributed by atoms with Gasteiger partial charge in [0.15, 0.2) is 0 Å². The van der Waals surface area contributed by atoms with Crippen LogP contribution in [0, 0.1) is 0 Å². The normalized spacial score (nSPS) is 10.6. The molecule has 0 saturated carbocycles. The zero-order valence-electron chi connectivity index (χ0n) is 11.7. The van der Waals surface area contributed by atoms with Gasteiger partial charge in [0.25, 0.3) is 11.9 Å². The third kappa shape index (κ3) is 3.53. The zero-order chi connectivity index (χ0) is 14.5. The minimum absolute atomic E-state index is 0.1000. The lowest BCUT2D eigenvalue weighted by Crippen LogP contribution is -2.13. The van der Waals surface area contributed by atoms with Crippen LogP contribution in [0.4, 0.5) is 5.95 Å². The molecule has 0 bridgehead atoms. The summed E-state index contributed by atoms with van der Waals surface area (Å²) in [6.45, 7) is 6.39. The van der Waals surface area contributed by atoms with E-state index in [-0.39, 0.29) is 18.0 Å². The summed E-state index contributed by atoms with van der Waals surface area (Å²) >= 11 is 0. The summed E-state index contributed by atoms with van der Waals surface area (Å²) in [6.07, 6.45) is 0.1000. The molecule has 106 valence electrons. The van der Waals surface area contributed by atoms with Crippen molar-refractivity contribution in [1.29, 1.82) is 0 Å². The molecule has 0 saturated heterocycles. The van der Waals surface area contributed by atoms with Crippen molar-refractivity contribution < 1.29 is 9.53 Å². The molecule has 0 spiro atoms. The van der Waals surface area contributed by atoms with Gasteiger partial charge in [0.1, 0.15) is 5.75 Å². The Bertz CT molecular complexity index is 577. The van der Waals surface area contributed by atoms with E-state index in [2.05, 4.69) is 20.7 Å². The number of anilines is 1. The predicted molar refractivity (Wildman–Crippen MR) is 73.7 cm³/mol. The minimum Gasteiger partial charge on any atom is -0.491 e. The number of tetrazole rings is 1. The van der Waals surface area contributed by atoms with Crippen LogP contribution in [0.15, 0.2) is 24.3 Å². The number of hydrogen-bond acceptors (Lipinski definition) is 5. The number of carbonyl (C=O) groups is 1. The maximum Gasteiger partial charge on any atom is 0.270 e. The molecule has 0 atom stereocenters. The maximum atomic E-state index is 12.0. The molecular formula is C13H17N5O2. The van der Waals surface area contributed by atoms with Crippen molar-refractivity contribution in [2.24, 2.45) is 0 Å². The molecule has 1 heterocycles. The molecule has 7 nitrogen and oxygen atoms in total. The van der Waals surface area contributed by atoms with Crippen LogP contribution >= 0.6 is 0 Å². The first-order chi connectivity index (χ1) is 9.58. The van der Waals surface area contributed by atoms with Crippen LogP contribution in [-0.2, 0) is 6.54 Å². The molecule has 0 aliphatic carbocycles. The number of benzene rings is 1. The molecule has 0 fully saturated rings. The van der Waals surface area contributed by atoms with Crippen molar-refractivity contribution in [3.63, 3.8) is 0 Å². The molecule has 7 heteroatoms. The van der Waals surface area contributed by atoms with Gasteiger partial charge in [-0.1, -0.05) is 5.10 Å². The standard InChI is InChI=1S/C13H17N5O2/c1-4-18-16-13(15-17-18)14-12(19)10-5-7-11(8-6-10)20-9(2)3/h5-9H,4H2,1-3H3,(H,14,16,19). The topological polar surface area (TPSA) is 81.9 Å². The third-order valence-corrected chi connectivity index (χ3v) is 2.45. The van der Waals surface area contributed by atoms with Gasteiger partial charge < -0.3 is 4.74 Å². The SMILES string of the molecule is CCn1nnc(NC(=O)c2ccc(OC(C)C)cc2)n1. The molecule has 1 N–H and O–H groups in total. The van der Waals surface area contributed by atoms with E-state index >= 15 is 0 Å². The lowest BCUT2D eigenvalue weighted by molar-refractivity contribution is 0.102. The van der Waals surface area contributed by atoms with Gasteiger partial charge in [-0.3, -0.25) is 10.1 Å². The highest BCUT2D eigenvalue weighted by Crippen LogP contribution is 2.14. The number of hydrogen-bond donors (Lipinski definition) is 1. The monoisotopic (exact) mass is 275 g/mol. The van der Waals surface area contributed by atoms with Crippen LogP contribution in [0.3, 0.4) is 0 Å². The number of aryl methyl sites for hydroxylation is 1. The second-order valence-electron chi connectivity index (χ2n) is 4.45. The summed E-state index contributed by atoms with van der Waals surface area (Å²) in [6, 6.07) is 6.89. The molecule has 1 aromatic carbocycles. The van der Waals surface area contributed by atoms with Crippen LogP contribution in [-0.4, -0.2) is 32.2 Å². The van der Waals surface area contributed by atoms with Crippen LogP contribution in [0.5, 0.6) is 5.75 Å². The van der Waals surface area contributed by atoms with E-state index in [0.717, 1.165) is 5.75 Å². The van der Waals surface area contributed by atoms with Crippen LogP contribution in [0.1, 0.15) is 31.1 Å². The number of nitrogens with zero attached hydrogens (tertiary/aromatic N) is 4. The Morgan fingerprint density at radius 3 is 2.60 bits per heavy atom. The Hall–Kier alpha value is -2.44.